The molecule has 0 heterocycles. The van der Waals surface area contributed by atoms with Crippen molar-refractivity contribution in [2.45, 2.75) is 13.3 Å². The maximum Gasteiger partial charge on any atom is 0.188 e. The molecule has 0 saturated heterocycles. The summed E-state index contributed by atoms with van der Waals surface area (Å²) in [6.07, 6.45) is 2.55. The largest absolute Gasteiger partial charge is 0.373 e. The van der Waals surface area contributed by atoms with Crippen LogP contribution in [0, 0.1) is 6.92 Å². The Morgan fingerprint density at radius 2 is 2.20 bits per heavy atom. The molecular formula is C13H16O2. The summed E-state index contributed by atoms with van der Waals surface area (Å²) in [4.78, 5) is 11.7. The SMILES string of the molecule is C=CCCOCC(=O)c1ccccc1C. The number of ether oxygens (including phenoxy) is 1. The second kappa shape index (κ2) is 6.14. The monoisotopic (exact) mass is 204 g/mol. The smallest absolute Gasteiger partial charge is 0.188 e. The van der Waals surface area contributed by atoms with Gasteiger partial charge in [0.05, 0.1) is 6.61 Å². The number of carbonyl (C=O) groups excluding carboxylic acids is 1. The lowest BCUT2D eigenvalue weighted by Gasteiger charge is -2.04. The molecule has 0 bridgehead atoms. The van der Waals surface area contributed by atoms with E-state index in [1.54, 1.807) is 6.08 Å². The molecule has 1 aromatic rings. The van der Waals surface area contributed by atoms with E-state index >= 15 is 0 Å². The molecule has 80 valence electrons. The zero-order valence-corrected chi connectivity index (χ0v) is 9.03. The average Bonchev–Trinajstić information content (AvgIpc) is 2.25. The van der Waals surface area contributed by atoms with E-state index in [1.807, 2.05) is 31.2 Å². The van der Waals surface area contributed by atoms with Crippen LogP contribution in [0.25, 0.3) is 0 Å². The fraction of sp³-hybridized carbons (Fsp3) is 0.308. The summed E-state index contributed by atoms with van der Waals surface area (Å²) in [5.41, 5.74) is 1.74. The molecule has 1 aromatic carbocycles. The molecule has 0 amide bonds. The molecule has 15 heavy (non-hydrogen) atoms. The summed E-state index contributed by atoms with van der Waals surface area (Å²) >= 11 is 0. The molecule has 0 aliphatic heterocycles. The van der Waals surface area contributed by atoms with Gasteiger partial charge >= 0.3 is 0 Å². The highest BCUT2D eigenvalue weighted by atomic mass is 16.5. The molecule has 0 aromatic heterocycles. The molecule has 0 aliphatic rings. The van der Waals surface area contributed by atoms with Crippen molar-refractivity contribution in [1.29, 1.82) is 0 Å². The lowest BCUT2D eigenvalue weighted by atomic mass is 10.1. The maximum atomic E-state index is 11.7. The molecule has 0 saturated carbocycles. The standard InChI is InChI=1S/C13H16O2/c1-3-4-9-15-10-13(14)12-8-6-5-7-11(12)2/h3,5-8H,1,4,9-10H2,2H3. The molecule has 2 nitrogen and oxygen atoms in total. The third kappa shape index (κ3) is 3.68. The van der Waals surface area contributed by atoms with Crippen LogP contribution in [0.3, 0.4) is 0 Å². The van der Waals surface area contributed by atoms with E-state index in [1.165, 1.54) is 0 Å². The van der Waals surface area contributed by atoms with Gasteiger partial charge in [-0.25, -0.2) is 0 Å². The van der Waals surface area contributed by atoms with E-state index in [0.29, 0.717) is 6.61 Å². The first-order valence-electron chi connectivity index (χ1n) is 5.03. The van der Waals surface area contributed by atoms with Crippen LogP contribution in [-0.4, -0.2) is 19.0 Å². The zero-order chi connectivity index (χ0) is 11.1. The third-order valence-corrected chi connectivity index (χ3v) is 2.14. The quantitative estimate of drug-likeness (QED) is 0.404. The molecule has 0 spiro atoms. The van der Waals surface area contributed by atoms with Gasteiger partial charge in [0.1, 0.15) is 6.61 Å². The van der Waals surface area contributed by atoms with Crippen LogP contribution in [-0.2, 0) is 4.74 Å². The van der Waals surface area contributed by atoms with Crippen LogP contribution < -0.4 is 0 Å². The predicted molar refractivity (Wildman–Crippen MR) is 61.1 cm³/mol. The first-order chi connectivity index (χ1) is 7.25. The van der Waals surface area contributed by atoms with Crippen LogP contribution in [0.5, 0.6) is 0 Å². The Bertz CT molecular complexity index is 342. The van der Waals surface area contributed by atoms with Crippen LogP contribution in [0.15, 0.2) is 36.9 Å². The normalized spacial score (nSPS) is 9.93. The third-order valence-electron chi connectivity index (χ3n) is 2.14. The van der Waals surface area contributed by atoms with Crippen LogP contribution in [0.1, 0.15) is 22.3 Å². The van der Waals surface area contributed by atoms with Gasteiger partial charge in [-0.2, -0.15) is 0 Å². The lowest BCUT2D eigenvalue weighted by Crippen LogP contribution is -2.10. The minimum atomic E-state index is 0.0390. The first-order valence-corrected chi connectivity index (χ1v) is 5.03. The Balaban J connectivity index is 2.47. The van der Waals surface area contributed by atoms with Gasteiger partial charge in [0.15, 0.2) is 5.78 Å². The van der Waals surface area contributed by atoms with E-state index in [-0.39, 0.29) is 12.4 Å². The highest BCUT2D eigenvalue weighted by Crippen LogP contribution is 2.07. The summed E-state index contributed by atoms with van der Waals surface area (Å²) in [7, 11) is 0. The molecule has 0 radical (unpaired) electrons. The predicted octanol–water partition coefficient (Wildman–Crippen LogP) is 2.77. The van der Waals surface area contributed by atoms with Gasteiger partial charge in [-0.3, -0.25) is 4.79 Å². The molecule has 0 atom stereocenters. The number of ketones is 1. The van der Waals surface area contributed by atoms with Crippen molar-refractivity contribution < 1.29 is 9.53 Å². The summed E-state index contributed by atoms with van der Waals surface area (Å²) < 4.78 is 5.22. The Morgan fingerprint density at radius 1 is 1.47 bits per heavy atom. The number of hydrogen-bond donors (Lipinski definition) is 0. The number of rotatable bonds is 6. The van der Waals surface area contributed by atoms with Crippen molar-refractivity contribution in [2.75, 3.05) is 13.2 Å². The first kappa shape index (κ1) is 11.7. The van der Waals surface area contributed by atoms with Gasteiger partial charge in [-0.1, -0.05) is 30.3 Å². The summed E-state index contributed by atoms with van der Waals surface area (Å²) in [6, 6.07) is 7.54. The number of carbonyl (C=O) groups is 1. The Hall–Kier alpha value is -1.41. The van der Waals surface area contributed by atoms with E-state index in [2.05, 4.69) is 6.58 Å². The van der Waals surface area contributed by atoms with Gasteiger partial charge in [-0.05, 0) is 18.9 Å². The van der Waals surface area contributed by atoms with Crippen molar-refractivity contribution in [2.24, 2.45) is 0 Å². The maximum absolute atomic E-state index is 11.7. The van der Waals surface area contributed by atoms with Crippen molar-refractivity contribution in [3.63, 3.8) is 0 Å². The van der Waals surface area contributed by atoms with E-state index in [9.17, 15) is 4.79 Å². The van der Waals surface area contributed by atoms with Gasteiger partial charge < -0.3 is 4.74 Å². The fourth-order valence-electron chi connectivity index (χ4n) is 1.30. The van der Waals surface area contributed by atoms with Gasteiger partial charge in [0, 0.05) is 5.56 Å². The molecule has 0 fully saturated rings. The molecule has 2 heteroatoms. The van der Waals surface area contributed by atoms with E-state index in [0.717, 1.165) is 17.5 Å². The Morgan fingerprint density at radius 3 is 2.87 bits per heavy atom. The highest BCUT2D eigenvalue weighted by Gasteiger charge is 2.07. The average molecular weight is 204 g/mol. The van der Waals surface area contributed by atoms with Crippen LogP contribution >= 0.6 is 0 Å². The summed E-state index contributed by atoms with van der Waals surface area (Å²) in [5.74, 6) is 0.0390. The van der Waals surface area contributed by atoms with Crippen molar-refractivity contribution in [3.05, 3.63) is 48.0 Å². The van der Waals surface area contributed by atoms with Gasteiger partial charge in [-0.15, -0.1) is 6.58 Å². The van der Waals surface area contributed by atoms with Crippen molar-refractivity contribution in [3.8, 4) is 0 Å². The number of benzene rings is 1. The topological polar surface area (TPSA) is 26.3 Å². The molecular weight excluding hydrogens is 188 g/mol. The second-order valence-electron chi connectivity index (χ2n) is 3.37. The van der Waals surface area contributed by atoms with Gasteiger partial charge in [0.25, 0.3) is 0 Å². The lowest BCUT2D eigenvalue weighted by molar-refractivity contribution is 0.0768. The fourth-order valence-corrected chi connectivity index (χ4v) is 1.30. The second-order valence-corrected chi connectivity index (χ2v) is 3.37. The summed E-state index contributed by atoms with van der Waals surface area (Å²) in [6.45, 7) is 6.22. The highest BCUT2D eigenvalue weighted by molar-refractivity contribution is 5.98. The minimum absolute atomic E-state index is 0.0390. The van der Waals surface area contributed by atoms with Crippen molar-refractivity contribution >= 4 is 5.78 Å². The Labute approximate surface area is 90.6 Å². The molecule has 1 rings (SSSR count). The van der Waals surface area contributed by atoms with E-state index in [4.69, 9.17) is 4.74 Å². The van der Waals surface area contributed by atoms with Crippen molar-refractivity contribution in [1.82, 2.24) is 0 Å². The Kier molecular flexibility index (Phi) is 4.78. The molecule has 0 N–H and O–H groups in total. The minimum Gasteiger partial charge on any atom is -0.373 e. The van der Waals surface area contributed by atoms with E-state index < -0.39 is 0 Å². The summed E-state index contributed by atoms with van der Waals surface area (Å²) in [5, 5.41) is 0. The van der Waals surface area contributed by atoms with Crippen LogP contribution in [0.2, 0.25) is 0 Å². The number of aryl methyl sites for hydroxylation is 1. The molecule has 0 unspecified atom stereocenters. The zero-order valence-electron chi connectivity index (χ0n) is 9.03. The molecule has 0 aliphatic carbocycles. The van der Waals surface area contributed by atoms with Crippen LogP contribution in [0.4, 0.5) is 0 Å². The van der Waals surface area contributed by atoms with Gasteiger partial charge in [0.2, 0.25) is 0 Å². The number of hydrogen-bond acceptors (Lipinski definition) is 2. The number of Topliss-reactive ketones (excluding diaryl/α,β-unsaturated/α-hetero) is 1.